The van der Waals surface area contributed by atoms with Gasteiger partial charge in [-0.15, -0.1) is 0 Å². The molecule has 1 aromatic carbocycles. The smallest absolute Gasteiger partial charge is 0.266 e. The first-order chi connectivity index (χ1) is 18.1. The number of fused-ring (bicyclic) bond motifs is 2. The molecule has 1 N–H and O–H groups in total. The van der Waals surface area contributed by atoms with Crippen LogP contribution in [0.2, 0.25) is 0 Å². The van der Waals surface area contributed by atoms with Crippen molar-refractivity contribution in [3.8, 4) is 5.88 Å². The standard InChI is InChI=1S/C22H19ClF4N6O4S/c23-38(34,35)14-1-2-16(15(24)3-14)32-20-17(25)21(31-10-30-20)37-18-12-6-33(7-13(18)9-36-8-12)22-28-4-11(5-29-22)19(26)27/h1-5,10,12-13,18-19H,6-9H2,(H,30,31,32). The van der Waals surface area contributed by atoms with Gasteiger partial charge in [-0.05, 0) is 18.2 Å². The van der Waals surface area contributed by atoms with Crippen LogP contribution in [0.3, 0.4) is 0 Å². The molecule has 5 rings (SSSR count). The van der Waals surface area contributed by atoms with Crippen LogP contribution in [0, 0.1) is 23.5 Å². The molecular weight excluding hydrogens is 556 g/mol. The van der Waals surface area contributed by atoms with Gasteiger partial charge in [-0.25, -0.2) is 36.5 Å². The molecule has 2 unspecified atom stereocenters. The summed E-state index contributed by atoms with van der Waals surface area (Å²) in [5, 5.41) is 2.47. The Balaban J connectivity index is 1.32. The van der Waals surface area contributed by atoms with Crippen molar-refractivity contribution in [1.82, 2.24) is 19.9 Å². The number of ether oxygens (including phenoxy) is 2. The van der Waals surface area contributed by atoms with Crippen molar-refractivity contribution in [3.05, 3.63) is 54.1 Å². The quantitative estimate of drug-likeness (QED) is 0.330. The predicted octanol–water partition coefficient (Wildman–Crippen LogP) is 3.68. The van der Waals surface area contributed by atoms with E-state index in [0.29, 0.717) is 38.3 Å². The monoisotopic (exact) mass is 574 g/mol. The third-order valence-corrected chi connectivity index (χ3v) is 7.53. The van der Waals surface area contributed by atoms with E-state index in [1.54, 1.807) is 0 Å². The van der Waals surface area contributed by atoms with Crippen LogP contribution < -0.4 is 15.0 Å². The lowest BCUT2D eigenvalue weighted by Gasteiger charge is -2.46. The van der Waals surface area contributed by atoms with E-state index in [1.807, 2.05) is 4.90 Å². The average molecular weight is 575 g/mol. The van der Waals surface area contributed by atoms with Crippen molar-refractivity contribution in [2.24, 2.45) is 11.8 Å². The molecule has 10 nitrogen and oxygen atoms in total. The third-order valence-electron chi connectivity index (χ3n) is 6.18. The molecule has 0 radical (unpaired) electrons. The highest BCUT2D eigenvalue weighted by atomic mass is 35.7. The predicted molar refractivity (Wildman–Crippen MR) is 126 cm³/mol. The van der Waals surface area contributed by atoms with E-state index in [1.165, 1.54) is 0 Å². The molecule has 3 aromatic rings. The Morgan fingerprint density at radius 2 is 1.76 bits per heavy atom. The molecule has 0 amide bonds. The Kier molecular flexibility index (Phi) is 7.24. The fourth-order valence-electron chi connectivity index (χ4n) is 4.39. The maximum absolute atomic E-state index is 15.3. The SMILES string of the molecule is O=S(=O)(Cl)c1ccc(Nc2ncnc(OC3C4COCC3CN(c3ncc(C(F)F)cn3)C4)c2F)c(F)c1. The van der Waals surface area contributed by atoms with Crippen molar-refractivity contribution in [2.45, 2.75) is 17.4 Å². The fraction of sp³-hybridized carbons (Fsp3) is 0.364. The van der Waals surface area contributed by atoms with Crippen molar-refractivity contribution >= 4 is 37.2 Å². The molecule has 0 aliphatic carbocycles. The lowest BCUT2D eigenvalue weighted by molar-refractivity contribution is -0.0780. The van der Waals surface area contributed by atoms with Gasteiger partial charge in [0.15, 0.2) is 5.82 Å². The first-order valence-corrected chi connectivity index (χ1v) is 13.5. The van der Waals surface area contributed by atoms with E-state index in [9.17, 15) is 21.6 Å². The zero-order valence-corrected chi connectivity index (χ0v) is 20.8. The second-order valence-electron chi connectivity index (χ2n) is 8.71. The number of nitrogens with zero attached hydrogens (tertiary/aromatic N) is 5. The molecule has 2 saturated heterocycles. The molecule has 4 heterocycles. The Hall–Kier alpha value is -3.30. The first-order valence-electron chi connectivity index (χ1n) is 11.2. The van der Waals surface area contributed by atoms with Crippen LogP contribution in [0.5, 0.6) is 5.88 Å². The number of piperidine rings is 1. The van der Waals surface area contributed by atoms with Crippen LogP contribution >= 0.6 is 10.7 Å². The molecule has 2 atom stereocenters. The number of alkyl halides is 2. The minimum Gasteiger partial charge on any atom is -0.471 e. The summed E-state index contributed by atoms with van der Waals surface area (Å²) in [6.45, 7) is 1.33. The molecule has 2 aliphatic rings. The van der Waals surface area contributed by atoms with E-state index in [2.05, 4.69) is 25.3 Å². The van der Waals surface area contributed by atoms with Crippen molar-refractivity contribution in [1.29, 1.82) is 0 Å². The van der Waals surface area contributed by atoms with Crippen molar-refractivity contribution in [2.75, 3.05) is 36.5 Å². The van der Waals surface area contributed by atoms with Gasteiger partial charge in [-0.3, -0.25) is 0 Å². The summed E-state index contributed by atoms with van der Waals surface area (Å²) in [4.78, 5) is 17.1. The normalized spacial score (nSPS) is 21.4. The minimum atomic E-state index is -4.15. The van der Waals surface area contributed by atoms with Gasteiger partial charge < -0.3 is 19.7 Å². The molecule has 202 valence electrons. The minimum absolute atomic E-state index is 0.242. The highest BCUT2D eigenvalue weighted by molar-refractivity contribution is 8.13. The number of hydrogen-bond acceptors (Lipinski definition) is 10. The molecule has 0 saturated carbocycles. The summed E-state index contributed by atoms with van der Waals surface area (Å²) in [5.74, 6) is -2.91. The number of aromatic nitrogens is 4. The van der Waals surface area contributed by atoms with Gasteiger partial charge in [0.25, 0.3) is 21.4 Å². The zero-order chi connectivity index (χ0) is 27.0. The van der Waals surface area contributed by atoms with Gasteiger partial charge in [-0.2, -0.15) is 9.37 Å². The summed E-state index contributed by atoms with van der Waals surface area (Å²) in [6.07, 6.45) is 0.0315. The van der Waals surface area contributed by atoms with Crippen molar-refractivity contribution < 1.29 is 35.5 Å². The zero-order valence-electron chi connectivity index (χ0n) is 19.3. The van der Waals surface area contributed by atoms with Gasteiger partial charge in [-0.1, -0.05) is 0 Å². The lowest BCUT2D eigenvalue weighted by Crippen LogP contribution is -2.58. The molecule has 2 aromatic heterocycles. The molecule has 2 fully saturated rings. The second-order valence-corrected chi connectivity index (χ2v) is 11.3. The van der Waals surface area contributed by atoms with Gasteiger partial charge >= 0.3 is 0 Å². The summed E-state index contributed by atoms with van der Waals surface area (Å²) >= 11 is 0. The highest BCUT2D eigenvalue weighted by Crippen LogP contribution is 2.34. The first kappa shape index (κ1) is 26.3. The van der Waals surface area contributed by atoms with Crippen LogP contribution in [0.4, 0.5) is 35.0 Å². The Bertz CT molecular complexity index is 1420. The van der Waals surface area contributed by atoms with Crippen LogP contribution in [-0.2, 0) is 13.8 Å². The van der Waals surface area contributed by atoms with E-state index < -0.39 is 38.1 Å². The number of anilines is 3. The molecule has 2 aliphatic heterocycles. The summed E-state index contributed by atoms with van der Waals surface area (Å²) < 4.78 is 89.7. The molecule has 38 heavy (non-hydrogen) atoms. The maximum Gasteiger partial charge on any atom is 0.266 e. The number of nitrogens with one attached hydrogen (secondary N) is 1. The van der Waals surface area contributed by atoms with Crippen LogP contribution in [0.15, 0.2) is 41.8 Å². The van der Waals surface area contributed by atoms with Crippen LogP contribution in [-0.4, -0.2) is 60.8 Å². The summed E-state index contributed by atoms with van der Waals surface area (Å²) in [7, 11) is 1.08. The number of benzene rings is 1. The van der Waals surface area contributed by atoms with E-state index >= 15 is 4.39 Å². The Morgan fingerprint density at radius 3 is 2.37 bits per heavy atom. The summed E-state index contributed by atoms with van der Waals surface area (Å²) in [6, 6.07) is 2.84. The molecular formula is C22H19ClF4N6O4S. The van der Waals surface area contributed by atoms with Crippen molar-refractivity contribution in [3.63, 3.8) is 0 Å². The summed E-state index contributed by atoms with van der Waals surface area (Å²) in [5.41, 5.74) is -0.520. The largest absolute Gasteiger partial charge is 0.471 e. The third kappa shape index (κ3) is 5.44. The topological polar surface area (TPSA) is 119 Å². The lowest BCUT2D eigenvalue weighted by atomic mass is 9.84. The Labute approximate surface area is 218 Å². The highest BCUT2D eigenvalue weighted by Gasteiger charge is 2.43. The van der Waals surface area contributed by atoms with Gasteiger partial charge in [0.2, 0.25) is 11.8 Å². The van der Waals surface area contributed by atoms with E-state index in [0.717, 1.165) is 30.9 Å². The molecule has 16 heteroatoms. The van der Waals surface area contributed by atoms with Crippen LogP contribution in [0.25, 0.3) is 0 Å². The Morgan fingerprint density at radius 1 is 1.08 bits per heavy atom. The van der Waals surface area contributed by atoms with Gasteiger partial charge in [0, 0.05) is 48.0 Å². The number of halogens is 5. The van der Waals surface area contributed by atoms with E-state index in [-0.39, 0.29) is 34.8 Å². The van der Waals surface area contributed by atoms with E-state index in [4.69, 9.17) is 20.2 Å². The molecule has 2 bridgehead atoms. The van der Waals surface area contributed by atoms with Crippen LogP contribution in [0.1, 0.15) is 12.0 Å². The average Bonchev–Trinajstić information content (AvgIpc) is 2.86. The maximum atomic E-state index is 15.3. The fourth-order valence-corrected chi connectivity index (χ4v) is 5.15. The van der Waals surface area contributed by atoms with Gasteiger partial charge in [0.05, 0.1) is 29.4 Å². The number of rotatable bonds is 7. The molecule has 0 spiro atoms. The van der Waals surface area contributed by atoms with Gasteiger partial charge in [0.1, 0.15) is 18.2 Å². The number of hydrogen-bond donors (Lipinski definition) is 1. The second kappa shape index (κ2) is 10.5.